The van der Waals surface area contributed by atoms with E-state index in [0.717, 1.165) is 25.0 Å². The molecule has 0 bridgehead atoms. The zero-order valence-electron chi connectivity index (χ0n) is 21.5. The lowest BCUT2D eigenvalue weighted by atomic mass is 9.86. The van der Waals surface area contributed by atoms with Crippen molar-refractivity contribution in [1.82, 2.24) is 0 Å². The minimum atomic E-state index is 0.425. The predicted octanol–water partition coefficient (Wildman–Crippen LogP) is 7.88. The fraction of sp³-hybridized carbons (Fsp3) is 0.235. The van der Waals surface area contributed by atoms with Gasteiger partial charge in [-0.05, 0) is 97.2 Å². The first-order chi connectivity index (χ1) is 17.5. The molecule has 3 aliphatic rings. The van der Waals surface area contributed by atoms with Crippen LogP contribution >= 0.6 is 0 Å². The van der Waals surface area contributed by atoms with E-state index in [-0.39, 0.29) is 0 Å². The maximum absolute atomic E-state index is 4.45. The standard InChI is InChI=1S/C34H34N2/c1-23-16-18-27(19-17-24(2)36-26(4)21-29-11-6-8-15-33(29)36)31-13-9-12-30(34(23)31)22-35-25(3)20-28-10-5-7-14-32(28)35/h5-12,14-19,22,25-26H,2,13,20-21H2,1,3-4H3/b19-17-,30-22?. The van der Waals surface area contributed by atoms with E-state index in [9.17, 15) is 0 Å². The van der Waals surface area contributed by atoms with Crippen LogP contribution in [0.15, 0.2) is 97.4 Å². The number of hydrogen-bond acceptors (Lipinski definition) is 2. The highest BCUT2D eigenvalue weighted by molar-refractivity contribution is 5.85. The first-order valence-electron chi connectivity index (χ1n) is 13.1. The zero-order chi connectivity index (χ0) is 24.8. The molecule has 2 unspecified atom stereocenters. The first kappa shape index (κ1) is 22.7. The minimum Gasteiger partial charge on any atom is -0.344 e. The molecule has 2 heterocycles. The van der Waals surface area contributed by atoms with Crippen LogP contribution in [-0.4, -0.2) is 12.1 Å². The van der Waals surface area contributed by atoms with Crippen LogP contribution in [0, 0.1) is 6.92 Å². The Morgan fingerprint density at radius 3 is 2.39 bits per heavy atom. The van der Waals surface area contributed by atoms with Gasteiger partial charge >= 0.3 is 0 Å². The summed E-state index contributed by atoms with van der Waals surface area (Å²) in [6.45, 7) is 11.3. The number of hydrogen-bond donors (Lipinski definition) is 0. The number of nitrogens with zero attached hydrogens (tertiary/aromatic N) is 2. The molecule has 2 atom stereocenters. The fourth-order valence-corrected chi connectivity index (χ4v) is 6.26. The summed E-state index contributed by atoms with van der Waals surface area (Å²) in [6.07, 6.45) is 14.6. The van der Waals surface area contributed by atoms with Crippen LogP contribution < -0.4 is 9.80 Å². The van der Waals surface area contributed by atoms with E-state index in [1.807, 2.05) is 0 Å². The van der Waals surface area contributed by atoms with Gasteiger partial charge in [-0.25, -0.2) is 0 Å². The molecule has 0 amide bonds. The van der Waals surface area contributed by atoms with E-state index in [1.165, 1.54) is 50.3 Å². The van der Waals surface area contributed by atoms with Gasteiger partial charge in [-0.15, -0.1) is 0 Å². The third-order valence-corrected chi connectivity index (χ3v) is 7.98. The van der Waals surface area contributed by atoms with E-state index in [4.69, 9.17) is 0 Å². The Hall–Kier alpha value is -3.78. The van der Waals surface area contributed by atoms with E-state index < -0.39 is 0 Å². The van der Waals surface area contributed by atoms with Gasteiger partial charge < -0.3 is 9.80 Å². The van der Waals surface area contributed by atoms with Gasteiger partial charge in [-0.1, -0.05) is 73.3 Å². The summed E-state index contributed by atoms with van der Waals surface area (Å²) in [6, 6.07) is 22.9. The molecule has 0 radical (unpaired) electrons. The number of aryl methyl sites for hydroxylation is 1. The summed E-state index contributed by atoms with van der Waals surface area (Å²) < 4.78 is 0. The van der Waals surface area contributed by atoms with Crippen molar-refractivity contribution >= 4 is 23.0 Å². The third kappa shape index (κ3) is 3.82. The van der Waals surface area contributed by atoms with Crippen LogP contribution in [0.1, 0.15) is 47.2 Å². The molecule has 1 aliphatic carbocycles. The van der Waals surface area contributed by atoms with Crippen LogP contribution in [-0.2, 0) is 19.3 Å². The predicted molar refractivity (Wildman–Crippen MR) is 154 cm³/mol. The van der Waals surface area contributed by atoms with Crippen LogP contribution in [0.2, 0.25) is 0 Å². The fourth-order valence-electron chi connectivity index (χ4n) is 6.26. The number of rotatable bonds is 4. The SMILES string of the molecule is C=C(/C=C\c1ccc(C)c2c1CC=CC2=CN1c2ccccc2CC1C)N1c2ccccc2CC1C. The summed E-state index contributed by atoms with van der Waals surface area (Å²) >= 11 is 0. The van der Waals surface area contributed by atoms with E-state index in [2.05, 4.69) is 128 Å². The van der Waals surface area contributed by atoms with Crippen LogP contribution in [0.5, 0.6) is 0 Å². The summed E-state index contributed by atoms with van der Waals surface area (Å²) in [4.78, 5) is 4.84. The van der Waals surface area contributed by atoms with Gasteiger partial charge in [0.1, 0.15) is 0 Å². The summed E-state index contributed by atoms with van der Waals surface area (Å²) in [5.74, 6) is 0. The maximum atomic E-state index is 4.45. The molecule has 36 heavy (non-hydrogen) atoms. The van der Waals surface area contributed by atoms with Crippen molar-refractivity contribution in [2.24, 2.45) is 0 Å². The molecular weight excluding hydrogens is 436 g/mol. The van der Waals surface area contributed by atoms with Crippen molar-refractivity contribution in [1.29, 1.82) is 0 Å². The quantitative estimate of drug-likeness (QED) is 0.358. The van der Waals surface area contributed by atoms with Crippen molar-refractivity contribution in [3.05, 3.63) is 131 Å². The second-order valence-electron chi connectivity index (χ2n) is 10.5. The lowest BCUT2D eigenvalue weighted by Crippen LogP contribution is -2.27. The molecule has 3 aromatic rings. The molecule has 0 spiro atoms. The van der Waals surface area contributed by atoms with Crippen molar-refractivity contribution < 1.29 is 0 Å². The van der Waals surface area contributed by atoms with Crippen molar-refractivity contribution in [2.45, 2.75) is 52.1 Å². The number of fused-ring (bicyclic) bond motifs is 3. The van der Waals surface area contributed by atoms with Gasteiger partial charge in [-0.2, -0.15) is 0 Å². The highest BCUT2D eigenvalue weighted by Gasteiger charge is 2.27. The number of allylic oxidation sites excluding steroid dienone is 4. The Morgan fingerprint density at radius 1 is 0.889 bits per heavy atom. The van der Waals surface area contributed by atoms with Crippen molar-refractivity contribution in [3.8, 4) is 0 Å². The second-order valence-corrected chi connectivity index (χ2v) is 10.5. The second kappa shape index (κ2) is 9.02. The first-order valence-corrected chi connectivity index (χ1v) is 13.1. The summed E-state index contributed by atoms with van der Waals surface area (Å²) in [5, 5.41) is 0. The average Bonchev–Trinajstić information content (AvgIpc) is 3.39. The molecule has 0 fully saturated rings. The molecule has 180 valence electrons. The van der Waals surface area contributed by atoms with Gasteiger partial charge in [0, 0.05) is 35.4 Å². The smallest absolute Gasteiger partial charge is 0.0446 e. The van der Waals surface area contributed by atoms with E-state index in [1.54, 1.807) is 0 Å². The Bertz CT molecular complexity index is 1440. The molecule has 0 saturated carbocycles. The Kier molecular flexibility index (Phi) is 5.68. The van der Waals surface area contributed by atoms with E-state index >= 15 is 0 Å². The molecule has 2 nitrogen and oxygen atoms in total. The van der Waals surface area contributed by atoms with Gasteiger partial charge in [0.2, 0.25) is 0 Å². The van der Waals surface area contributed by atoms with Gasteiger partial charge in [0.15, 0.2) is 0 Å². The molecule has 2 aliphatic heterocycles. The normalized spacial score (nSPS) is 21.2. The van der Waals surface area contributed by atoms with E-state index in [0.29, 0.717) is 12.1 Å². The van der Waals surface area contributed by atoms with Crippen molar-refractivity contribution in [2.75, 3.05) is 9.80 Å². The topological polar surface area (TPSA) is 6.48 Å². The Balaban J connectivity index is 1.33. The summed E-state index contributed by atoms with van der Waals surface area (Å²) in [7, 11) is 0. The Morgan fingerprint density at radius 2 is 1.58 bits per heavy atom. The molecule has 6 rings (SSSR count). The number of benzene rings is 3. The lowest BCUT2D eigenvalue weighted by molar-refractivity contribution is 0.741. The Labute approximate surface area is 215 Å². The maximum Gasteiger partial charge on any atom is 0.0446 e. The molecule has 2 heteroatoms. The molecule has 3 aromatic carbocycles. The zero-order valence-corrected chi connectivity index (χ0v) is 21.5. The molecule has 0 aromatic heterocycles. The largest absolute Gasteiger partial charge is 0.344 e. The molecule has 0 saturated heterocycles. The van der Waals surface area contributed by atoms with Crippen LogP contribution in [0.25, 0.3) is 11.6 Å². The molecular formula is C34H34N2. The highest BCUT2D eigenvalue weighted by atomic mass is 15.2. The van der Waals surface area contributed by atoms with Gasteiger partial charge in [0.05, 0.1) is 0 Å². The van der Waals surface area contributed by atoms with Crippen LogP contribution in [0.3, 0.4) is 0 Å². The lowest BCUT2D eigenvalue weighted by Gasteiger charge is -2.26. The number of anilines is 2. The average molecular weight is 471 g/mol. The van der Waals surface area contributed by atoms with Gasteiger partial charge in [-0.3, -0.25) is 0 Å². The molecule has 0 N–H and O–H groups in total. The van der Waals surface area contributed by atoms with Crippen molar-refractivity contribution in [3.63, 3.8) is 0 Å². The summed E-state index contributed by atoms with van der Waals surface area (Å²) in [5.41, 5.74) is 13.2. The number of para-hydroxylation sites is 2. The van der Waals surface area contributed by atoms with Crippen LogP contribution in [0.4, 0.5) is 11.4 Å². The van der Waals surface area contributed by atoms with Gasteiger partial charge in [0.25, 0.3) is 0 Å². The highest BCUT2D eigenvalue weighted by Crippen LogP contribution is 2.38. The monoisotopic (exact) mass is 470 g/mol. The third-order valence-electron chi connectivity index (χ3n) is 7.98. The minimum absolute atomic E-state index is 0.425.